The maximum absolute atomic E-state index is 5.08. The van der Waals surface area contributed by atoms with Crippen molar-refractivity contribution in [1.29, 1.82) is 0 Å². The van der Waals surface area contributed by atoms with E-state index in [4.69, 9.17) is 4.74 Å². The number of benzene rings is 1. The van der Waals surface area contributed by atoms with E-state index >= 15 is 0 Å². The summed E-state index contributed by atoms with van der Waals surface area (Å²) in [5.74, 6) is 0.835. The van der Waals surface area contributed by atoms with Crippen molar-refractivity contribution < 1.29 is 4.74 Å². The van der Waals surface area contributed by atoms with Crippen LogP contribution in [-0.4, -0.2) is 17.3 Å². The summed E-state index contributed by atoms with van der Waals surface area (Å²) in [5.41, 5.74) is 1.86. The van der Waals surface area contributed by atoms with E-state index in [1.165, 1.54) is 0 Å². The lowest BCUT2D eigenvalue weighted by molar-refractivity contribution is 0.415. The van der Waals surface area contributed by atoms with Crippen molar-refractivity contribution >= 4 is 15.9 Å². The van der Waals surface area contributed by atoms with Crippen molar-refractivity contribution in [2.45, 2.75) is 0 Å². The number of aromatic nitrogens is 2. The summed E-state index contributed by atoms with van der Waals surface area (Å²) in [7, 11) is 1.65. The van der Waals surface area contributed by atoms with Crippen molar-refractivity contribution in [3.05, 3.63) is 41.0 Å². The summed E-state index contributed by atoms with van der Waals surface area (Å²) in [5, 5.41) is 7.92. The van der Waals surface area contributed by atoms with Gasteiger partial charge in [0.05, 0.1) is 19.0 Å². The zero-order valence-electron chi connectivity index (χ0n) is 8.14. The molecule has 0 unspecified atom stereocenters. The van der Waals surface area contributed by atoms with Crippen molar-refractivity contribution in [2.75, 3.05) is 7.11 Å². The summed E-state index contributed by atoms with van der Waals surface area (Å²) in [4.78, 5) is 0. The molecular weight excluding hydrogens is 256 g/mol. The Balaban J connectivity index is 2.37. The minimum Gasteiger partial charge on any atom is -0.497 e. The molecule has 0 amide bonds. The van der Waals surface area contributed by atoms with Crippen LogP contribution >= 0.6 is 15.9 Å². The fraction of sp³-hybridized carbons (Fsp3) is 0.0909. The van der Waals surface area contributed by atoms with Gasteiger partial charge in [-0.2, -0.15) is 10.2 Å². The van der Waals surface area contributed by atoms with Crippen LogP contribution in [0.25, 0.3) is 11.3 Å². The summed E-state index contributed by atoms with van der Waals surface area (Å²) in [6.45, 7) is 0. The predicted molar refractivity (Wildman–Crippen MR) is 61.7 cm³/mol. The molecule has 3 nitrogen and oxygen atoms in total. The first kappa shape index (κ1) is 10.1. The molecule has 1 heterocycles. The van der Waals surface area contributed by atoms with Gasteiger partial charge in [-0.1, -0.05) is 0 Å². The Morgan fingerprint density at radius 1 is 1.20 bits per heavy atom. The Labute approximate surface area is 96.2 Å². The summed E-state index contributed by atoms with van der Waals surface area (Å²) >= 11 is 3.36. The molecule has 76 valence electrons. The van der Waals surface area contributed by atoms with Crippen LogP contribution < -0.4 is 4.74 Å². The fourth-order valence-electron chi connectivity index (χ4n) is 1.25. The van der Waals surface area contributed by atoms with Crippen LogP contribution in [0.15, 0.2) is 41.0 Å². The van der Waals surface area contributed by atoms with E-state index in [0.29, 0.717) is 0 Å². The highest BCUT2D eigenvalue weighted by Gasteiger charge is 2.00. The van der Waals surface area contributed by atoms with E-state index in [1.807, 2.05) is 30.3 Å². The molecule has 0 aliphatic heterocycles. The topological polar surface area (TPSA) is 35.0 Å². The monoisotopic (exact) mass is 264 g/mol. The molecule has 1 aromatic carbocycles. The zero-order valence-corrected chi connectivity index (χ0v) is 9.73. The molecule has 15 heavy (non-hydrogen) atoms. The van der Waals surface area contributed by atoms with Crippen LogP contribution in [0.5, 0.6) is 5.75 Å². The van der Waals surface area contributed by atoms with Crippen LogP contribution in [0.1, 0.15) is 0 Å². The summed E-state index contributed by atoms with van der Waals surface area (Å²) < 4.78 is 6.00. The van der Waals surface area contributed by atoms with Gasteiger partial charge in [0.1, 0.15) is 5.75 Å². The maximum Gasteiger partial charge on any atom is 0.118 e. The van der Waals surface area contributed by atoms with Crippen LogP contribution in [0, 0.1) is 0 Å². The molecule has 0 saturated carbocycles. The number of hydrogen-bond donors (Lipinski definition) is 0. The van der Waals surface area contributed by atoms with Crippen LogP contribution in [0.4, 0.5) is 0 Å². The third kappa shape index (κ3) is 2.33. The minimum absolute atomic E-state index is 0.835. The molecule has 2 aromatic rings. The summed E-state index contributed by atoms with van der Waals surface area (Å²) in [6, 6.07) is 9.63. The smallest absolute Gasteiger partial charge is 0.118 e. The molecule has 0 saturated heterocycles. The van der Waals surface area contributed by atoms with E-state index in [9.17, 15) is 0 Å². The molecule has 0 spiro atoms. The van der Waals surface area contributed by atoms with Crippen molar-refractivity contribution in [3.63, 3.8) is 0 Å². The SMILES string of the molecule is COc1ccc(-c2cc(Br)cnn2)cc1. The van der Waals surface area contributed by atoms with Gasteiger partial charge in [0, 0.05) is 10.0 Å². The number of methoxy groups -OCH3 is 1. The Hall–Kier alpha value is -1.42. The summed E-state index contributed by atoms with van der Waals surface area (Å²) in [6.07, 6.45) is 1.66. The lowest BCUT2D eigenvalue weighted by Crippen LogP contribution is -1.87. The Morgan fingerprint density at radius 3 is 2.53 bits per heavy atom. The van der Waals surface area contributed by atoms with Crippen LogP contribution in [0.3, 0.4) is 0 Å². The first-order valence-corrected chi connectivity index (χ1v) is 5.21. The lowest BCUT2D eigenvalue weighted by Gasteiger charge is -2.02. The molecule has 4 heteroatoms. The average Bonchev–Trinajstić information content (AvgIpc) is 2.29. The minimum atomic E-state index is 0.835. The largest absolute Gasteiger partial charge is 0.497 e. The predicted octanol–water partition coefficient (Wildman–Crippen LogP) is 2.91. The zero-order chi connectivity index (χ0) is 10.7. The Morgan fingerprint density at radius 2 is 1.93 bits per heavy atom. The molecule has 0 fully saturated rings. The highest BCUT2D eigenvalue weighted by atomic mass is 79.9. The molecule has 0 aliphatic carbocycles. The van der Waals surface area contributed by atoms with E-state index in [0.717, 1.165) is 21.5 Å². The van der Waals surface area contributed by atoms with Gasteiger partial charge in [-0.15, -0.1) is 0 Å². The van der Waals surface area contributed by atoms with Gasteiger partial charge in [0.15, 0.2) is 0 Å². The normalized spacial score (nSPS) is 10.0. The number of ether oxygens (including phenoxy) is 1. The molecular formula is C11H9BrN2O. The molecule has 0 radical (unpaired) electrons. The first-order valence-electron chi connectivity index (χ1n) is 4.42. The van der Waals surface area contributed by atoms with Crippen molar-refractivity contribution in [3.8, 4) is 17.0 Å². The number of nitrogens with zero attached hydrogens (tertiary/aromatic N) is 2. The van der Waals surface area contributed by atoms with E-state index in [1.54, 1.807) is 13.3 Å². The molecule has 0 aliphatic rings. The van der Waals surface area contributed by atoms with Gasteiger partial charge >= 0.3 is 0 Å². The molecule has 0 atom stereocenters. The Bertz CT molecular complexity index is 456. The van der Waals surface area contributed by atoms with Gasteiger partial charge in [0.2, 0.25) is 0 Å². The van der Waals surface area contributed by atoms with E-state index in [2.05, 4.69) is 26.1 Å². The van der Waals surface area contributed by atoms with Gasteiger partial charge in [-0.3, -0.25) is 0 Å². The second kappa shape index (κ2) is 4.40. The second-order valence-electron chi connectivity index (χ2n) is 2.99. The highest BCUT2D eigenvalue weighted by Crippen LogP contribution is 2.21. The van der Waals surface area contributed by atoms with Crippen molar-refractivity contribution in [2.24, 2.45) is 0 Å². The fourth-order valence-corrected chi connectivity index (χ4v) is 1.55. The third-order valence-corrected chi connectivity index (χ3v) is 2.44. The van der Waals surface area contributed by atoms with Gasteiger partial charge in [-0.05, 0) is 46.3 Å². The van der Waals surface area contributed by atoms with Crippen LogP contribution in [0.2, 0.25) is 0 Å². The lowest BCUT2D eigenvalue weighted by atomic mass is 10.1. The highest BCUT2D eigenvalue weighted by molar-refractivity contribution is 9.10. The van der Waals surface area contributed by atoms with E-state index in [-0.39, 0.29) is 0 Å². The average molecular weight is 265 g/mol. The van der Waals surface area contributed by atoms with Gasteiger partial charge < -0.3 is 4.74 Å². The molecule has 0 N–H and O–H groups in total. The maximum atomic E-state index is 5.08. The molecule has 2 rings (SSSR count). The van der Waals surface area contributed by atoms with Crippen molar-refractivity contribution in [1.82, 2.24) is 10.2 Å². The number of halogens is 1. The van der Waals surface area contributed by atoms with Gasteiger partial charge in [0.25, 0.3) is 0 Å². The van der Waals surface area contributed by atoms with Crippen LogP contribution in [-0.2, 0) is 0 Å². The molecule has 0 bridgehead atoms. The standard InChI is InChI=1S/C11H9BrN2O/c1-15-10-4-2-8(3-5-10)11-6-9(12)7-13-14-11/h2-7H,1H3. The first-order chi connectivity index (χ1) is 7.29. The van der Waals surface area contributed by atoms with E-state index < -0.39 is 0 Å². The number of rotatable bonds is 2. The Kier molecular flexibility index (Phi) is 2.97. The third-order valence-electron chi connectivity index (χ3n) is 2.01. The molecule has 1 aromatic heterocycles. The van der Waals surface area contributed by atoms with Gasteiger partial charge in [-0.25, -0.2) is 0 Å². The second-order valence-corrected chi connectivity index (χ2v) is 3.90. The quantitative estimate of drug-likeness (QED) is 0.837. The number of hydrogen-bond acceptors (Lipinski definition) is 3.